The van der Waals surface area contributed by atoms with Crippen LogP contribution in [-0.2, 0) is 17.3 Å². The van der Waals surface area contributed by atoms with Gasteiger partial charge in [-0.25, -0.2) is 0 Å². The number of hydrogen-bond acceptors (Lipinski definition) is 3. The van der Waals surface area contributed by atoms with Gasteiger partial charge in [-0.1, -0.05) is 12.1 Å². The third-order valence-electron chi connectivity index (χ3n) is 3.16. The number of aryl methyl sites for hydroxylation is 1. The van der Waals surface area contributed by atoms with E-state index in [0.29, 0.717) is 6.04 Å². The zero-order valence-electron chi connectivity index (χ0n) is 11.5. The Labute approximate surface area is 121 Å². The number of hydrogen-bond donors (Lipinski definition) is 1. The Morgan fingerprint density at radius 1 is 1.26 bits per heavy atom. The first kappa shape index (κ1) is 14.4. The minimum atomic E-state index is -0.896. The van der Waals surface area contributed by atoms with Gasteiger partial charge in [0.25, 0.3) is 0 Å². The van der Waals surface area contributed by atoms with Crippen molar-refractivity contribution in [2.45, 2.75) is 31.3 Å². The first-order chi connectivity index (χ1) is 9.08. The molecule has 102 valence electrons. The van der Waals surface area contributed by atoms with Crippen molar-refractivity contribution in [3.8, 4) is 0 Å². The van der Waals surface area contributed by atoms with Gasteiger partial charge in [-0.05, 0) is 48.6 Å². The predicted molar refractivity (Wildman–Crippen MR) is 83.1 cm³/mol. The zero-order chi connectivity index (χ0) is 13.8. The average Bonchev–Trinajstić information content (AvgIpc) is 2.83. The smallest absolute Gasteiger partial charge is 0.0498 e. The summed E-state index contributed by atoms with van der Waals surface area (Å²) in [6.07, 6.45) is 1.70. The molecule has 0 fully saturated rings. The molecule has 4 heteroatoms. The largest absolute Gasteiger partial charge is 0.305 e. The Morgan fingerprint density at radius 3 is 2.47 bits per heavy atom. The second-order valence-corrected chi connectivity index (χ2v) is 7.00. The van der Waals surface area contributed by atoms with Crippen molar-refractivity contribution >= 4 is 22.1 Å². The van der Waals surface area contributed by atoms with Crippen LogP contribution in [0.1, 0.15) is 29.0 Å². The van der Waals surface area contributed by atoms with Gasteiger partial charge in [-0.15, -0.1) is 11.3 Å². The Balaban J connectivity index is 1.95. The van der Waals surface area contributed by atoms with Crippen molar-refractivity contribution < 1.29 is 4.21 Å². The van der Waals surface area contributed by atoms with Crippen LogP contribution in [0, 0.1) is 6.92 Å². The van der Waals surface area contributed by atoms with Crippen molar-refractivity contribution in [2.24, 2.45) is 0 Å². The highest BCUT2D eigenvalue weighted by atomic mass is 32.2. The van der Waals surface area contributed by atoms with Gasteiger partial charge in [0.2, 0.25) is 0 Å². The molecule has 0 aliphatic carbocycles. The second-order valence-electron chi connectivity index (χ2n) is 4.67. The molecule has 1 N–H and O–H groups in total. The van der Waals surface area contributed by atoms with Crippen LogP contribution < -0.4 is 5.32 Å². The van der Waals surface area contributed by atoms with Gasteiger partial charge in [0.1, 0.15) is 0 Å². The summed E-state index contributed by atoms with van der Waals surface area (Å²) in [6.45, 7) is 5.17. The SMILES string of the molecule is Cc1ccsc1C(C)NCc1ccc(S(C)=O)cc1. The fourth-order valence-electron chi connectivity index (χ4n) is 1.99. The lowest BCUT2D eigenvalue weighted by atomic mass is 10.1. The lowest BCUT2D eigenvalue weighted by Crippen LogP contribution is -2.17. The van der Waals surface area contributed by atoms with Gasteiger partial charge in [0.15, 0.2) is 0 Å². The minimum absolute atomic E-state index is 0.361. The van der Waals surface area contributed by atoms with Gasteiger partial charge in [0.05, 0.1) is 0 Å². The molecule has 2 atom stereocenters. The molecular weight excluding hydrogens is 274 g/mol. The van der Waals surface area contributed by atoms with Crippen molar-refractivity contribution in [3.05, 3.63) is 51.7 Å². The molecule has 1 heterocycles. The number of thiophene rings is 1. The minimum Gasteiger partial charge on any atom is -0.305 e. The predicted octanol–water partition coefficient (Wildman–Crippen LogP) is 3.64. The summed E-state index contributed by atoms with van der Waals surface area (Å²) >= 11 is 1.80. The third-order valence-corrected chi connectivity index (χ3v) is 5.30. The van der Waals surface area contributed by atoms with E-state index in [2.05, 4.69) is 30.6 Å². The van der Waals surface area contributed by atoms with Gasteiger partial charge in [-0.2, -0.15) is 0 Å². The van der Waals surface area contributed by atoms with Gasteiger partial charge in [0, 0.05) is 39.4 Å². The molecule has 0 radical (unpaired) electrons. The fraction of sp³-hybridized carbons (Fsp3) is 0.333. The van der Waals surface area contributed by atoms with Crippen molar-refractivity contribution in [2.75, 3.05) is 6.26 Å². The standard InChI is InChI=1S/C15H19NOS2/c1-11-8-9-18-15(11)12(2)16-10-13-4-6-14(7-5-13)19(3)17/h4-9,12,16H,10H2,1-3H3. The van der Waals surface area contributed by atoms with E-state index in [-0.39, 0.29) is 0 Å². The van der Waals surface area contributed by atoms with Crippen LogP contribution in [0.25, 0.3) is 0 Å². The molecule has 2 aromatic rings. The summed E-state index contributed by atoms with van der Waals surface area (Å²) in [5.41, 5.74) is 2.57. The number of benzene rings is 1. The summed E-state index contributed by atoms with van der Waals surface area (Å²) in [6, 6.07) is 10.5. The molecule has 0 aliphatic rings. The van der Waals surface area contributed by atoms with Crippen LogP contribution in [0.15, 0.2) is 40.6 Å². The Morgan fingerprint density at radius 2 is 1.95 bits per heavy atom. The van der Waals surface area contributed by atoms with Crippen molar-refractivity contribution in [3.63, 3.8) is 0 Å². The highest BCUT2D eigenvalue weighted by Crippen LogP contribution is 2.23. The highest BCUT2D eigenvalue weighted by molar-refractivity contribution is 7.84. The first-order valence-electron chi connectivity index (χ1n) is 6.27. The monoisotopic (exact) mass is 293 g/mol. The topological polar surface area (TPSA) is 29.1 Å². The van der Waals surface area contributed by atoms with Crippen LogP contribution in [-0.4, -0.2) is 10.5 Å². The molecule has 0 bridgehead atoms. The van der Waals surface area contributed by atoms with Crippen molar-refractivity contribution in [1.82, 2.24) is 5.32 Å². The Bertz CT molecular complexity index is 560. The van der Waals surface area contributed by atoms with Gasteiger partial charge < -0.3 is 5.32 Å². The molecule has 0 aliphatic heterocycles. The molecule has 2 rings (SSSR count). The van der Waals surface area contributed by atoms with Crippen molar-refractivity contribution in [1.29, 1.82) is 0 Å². The molecule has 0 saturated carbocycles. The summed E-state index contributed by atoms with van der Waals surface area (Å²) < 4.78 is 11.3. The fourth-order valence-corrected chi connectivity index (χ4v) is 3.47. The Kier molecular flexibility index (Phi) is 4.91. The average molecular weight is 293 g/mol. The van der Waals surface area contributed by atoms with E-state index in [1.54, 1.807) is 17.6 Å². The molecule has 2 unspecified atom stereocenters. The molecule has 1 aromatic carbocycles. The maximum Gasteiger partial charge on any atom is 0.0498 e. The van der Waals surface area contributed by atoms with Gasteiger partial charge in [-0.3, -0.25) is 4.21 Å². The second kappa shape index (κ2) is 6.46. The van der Waals surface area contributed by atoms with E-state index in [1.165, 1.54) is 16.0 Å². The maximum atomic E-state index is 11.3. The summed E-state index contributed by atoms with van der Waals surface area (Å²) in [4.78, 5) is 2.28. The number of nitrogens with one attached hydrogen (secondary N) is 1. The highest BCUT2D eigenvalue weighted by Gasteiger charge is 2.09. The third kappa shape index (κ3) is 3.75. The molecule has 19 heavy (non-hydrogen) atoms. The first-order valence-corrected chi connectivity index (χ1v) is 8.71. The summed E-state index contributed by atoms with van der Waals surface area (Å²) in [7, 11) is -0.896. The van der Waals surface area contributed by atoms with Crippen LogP contribution in [0.5, 0.6) is 0 Å². The van der Waals surface area contributed by atoms with E-state index >= 15 is 0 Å². The molecule has 0 saturated heterocycles. The quantitative estimate of drug-likeness (QED) is 0.912. The summed E-state index contributed by atoms with van der Waals surface area (Å²) in [5, 5.41) is 5.66. The van der Waals surface area contributed by atoms with Crippen LogP contribution in [0.2, 0.25) is 0 Å². The zero-order valence-corrected chi connectivity index (χ0v) is 13.1. The van der Waals surface area contributed by atoms with Gasteiger partial charge >= 0.3 is 0 Å². The van der Waals surface area contributed by atoms with E-state index in [0.717, 1.165) is 11.4 Å². The summed E-state index contributed by atoms with van der Waals surface area (Å²) in [5.74, 6) is 0. The molecule has 1 aromatic heterocycles. The van der Waals surface area contributed by atoms with E-state index in [1.807, 2.05) is 24.3 Å². The lowest BCUT2D eigenvalue weighted by molar-refractivity contribution is 0.580. The maximum absolute atomic E-state index is 11.3. The number of rotatable bonds is 5. The van der Waals surface area contributed by atoms with Crippen LogP contribution in [0.3, 0.4) is 0 Å². The normalized spacial score (nSPS) is 14.3. The van der Waals surface area contributed by atoms with E-state index in [9.17, 15) is 4.21 Å². The van der Waals surface area contributed by atoms with E-state index < -0.39 is 10.8 Å². The van der Waals surface area contributed by atoms with E-state index in [4.69, 9.17) is 0 Å². The molecule has 2 nitrogen and oxygen atoms in total. The van der Waals surface area contributed by atoms with Crippen LogP contribution in [0.4, 0.5) is 0 Å². The Hall–Kier alpha value is -0.970. The molecule has 0 amide bonds. The lowest BCUT2D eigenvalue weighted by Gasteiger charge is -2.13. The molecule has 0 spiro atoms. The molecular formula is C15H19NOS2. The van der Waals surface area contributed by atoms with Crippen LogP contribution >= 0.6 is 11.3 Å².